The zero-order valence-electron chi connectivity index (χ0n) is 13.2. The Morgan fingerprint density at radius 3 is 2.50 bits per heavy atom. The van der Waals surface area contributed by atoms with Crippen molar-refractivity contribution in [3.05, 3.63) is 57.2 Å². The van der Waals surface area contributed by atoms with Crippen molar-refractivity contribution in [2.45, 2.75) is 24.0 Å². The third-order valence-corrected chi connectivity index (χ3v) is 7.06. The van der Waals surface area contributed by atoms with E-state index in [0.717, 1.165) is 18.4 Å². The van der Waals surface area contributed by atoms with Crippen molar-refractivity contribution in [3.63, 3.8) is 0 Å². The average Bonchev–Trinajstić information content (AvgIpc) is 3.11. The second-order valence-electron chi connectivity index (χ2n) is 6.08. The van der Waals surface area contributed by atoms with Crippen LogP contribution in [0.4, 0.5) is 0 Å². The molecule has 1 saturated heterocycles. The van der Waals surface area contributed by atoms with Gasteiger partial charge in [0, 0.05) is 35.1 Å². The number of sulfonamides is 1. The first-order valence-electron chi connectivity index (χ1n) is 7.83. The molecule has 1 aliphatic heterocycles. The van der Waals surface area contributed by atoms with Crippen LogP contribution < -0.4 is 4.72 Å². The lowest BCUT2D eigenvalue weighted by Gasteiger charge is -2.36. The van der Waals surface area contributed by atoms with Crippen molar-refractivity contribution in [2.24, 2.45) is 0 Å². The van der Waals surface area contributed by atoms with Gasteiger partial charge in [-0.1, -0.05) is 29.8 Å². The Bertz CT molecular complexity index is 752. The molecule has 0 bridgehead atoms. The van der Waals surface area contributed by atoms with Crippen LogP contribution in [0, 0.1) is 0 Å². The molecule has 3 rings (SSSR count). The smallest absolute Gasteiger partial charge is 0.215 e. The Hall–Kier alpha value is -0.920. The normalized spacial score (nSPS) is 17.7. The number of rotatable bonds is 6. The number of benzene rings is 1. The third kappa shape index (κ3) is 4.37. The molecule has 0 spiro atoms. The summed E-state index contributed by atoms with van der Waals surface area (Å²) in [6, 6.07) is 11.0. The predicted molar refractivity (Wildman–Crippen MR) is 98.1 cm³/mol. The first kappa shape index (κ1) is 17.9. The van der Waals surface area contributed by atoms with Gasteiger partial charge in [-0.15, -0.1) is 11.3 Å². The maximum absolute atomic E-state index is 12.5. The van der Waals surface area contributed by atoms with Crippen molar-refractivity contribution in [1.82, 2.24) is 4.72 Å². The molecule has 0 radical (unpaired) electrons. The molecule has 0 saturated carbocycles. The van der Waals surface area contributed by atoms with E-state index >= 15 is 0 Å². The lowest BCUT2D eigenvalue weighted by molar-refractivity contribution is 0.0529. The molecule has 1 aliphatic rings. The summed E-state index contributed by atoms with van der Waals surface area (Å²) in [7, 11) is -3.41. The Kier molecular flexibility index (Phi) is 5.62. The number of ether oxygens (including phenoxy) is 1. The SMILES string of the molecule is O=S(=O)(Cc1ccc(Cl)cc1)NCC1(c2cccs2)CCOCC1. The summed E-state index contributed by atoms with van der Waals surface area (Å²) < 4.78 is 33.2. The highest BCUT2D eigenvalue weighted by Gasteiger charge is 2.36. The second-order valence-corrected chi connectivity index (χ2v) is 9.27. The van der Waals surface area contributed by atoms with E-state index in [0.29, 0.717) is 24.8 Å². The Balaban J connectivity index is 1.70. The predicted octanol–water partition coefficient (Wildman–Crippen LogP) is 3.57. The molecule has 7 heteroatoms. The van der Waals surface area contributed by atoms with Gasteiger partial charge in [-0.05, 0) is 42.0 Å². The van der Waals surface area contributed by atoms with Gasteiger partial charge in [0.15, 0.2) is 0 Å². The van der Waals surface area contributed by atoms with E-state index in [1.165, 1.54) is 4.88 Å². The van der Waals surface area contributed by atoms with Gasteiger partial charge in [-0.2, -0.15) is 0 Å². The van der Waals surface area contributed by atoms with Crippen LogP contribution in [0.3, 0.4) is 0 Å². The fourth-order valence-electron chi connectivity index (χ4n) is 2.95. The monoisotopic (exact) mass is 385 g/mol. The van der Waals surface area contributed by atoms with Gasteiger partial charge in [-0.3, -0.25) is 0 Å². The Labute approximate surface area is 151 Å². The van der Waals surface area contributed by atoms with Gasteiger partial charge in [-0.25, -0.2) is 13.1 Å². The zero-order chi connectivity index (χ0) is 17.0. The van der Waals surface area contributed by atoms with Crippen LogP contribution in [-0.4, -0.2) is 28.2 Å². The summed E-state index contributed by atoms with van der Waals surface area (Å²) in [5.41, 5.74) is 0.559. The maximum atomic E-state index is 12.5. The van der Waals surface area contributed by atoms with Gasteiger partial charge >= 0.3 is 0 Å². The maximum Gasteiger partial charge on any atom is 0.215 e. The molecule has 130 valence electrons. The summed E-state index contributed by atoms with van der Waals surface area (Å²) in [6.07, 6.45) is 1.66. The Morgan fingerprint density at radius 2 is 1.88 bits per heavy atom. The first-order chi connectivity index (χ1) is 11.5. The van der Waals surface area contributed by atoms with Crippen LogP contribution in [0.1, 0.15) is 23.3 Å². The molecule has 1 N–H and O–H groups in total. The van der Waals surface area contributed by atoms with Gasteiger partial charge < -0.3 is 4.74 Å². The summed E-state index contributed by atoms with van der Waals surface area (Å²) in [5.74, 6) is -0.0405. The molecule has 24 heavy (non-hydrogen) atoms. The van der Waals surface area contributed by atoms with Crippen molar-refractivity contribution in [3.8, 4) is 0 Å². The van der Waals surface area contributed by atoms with Gasteiger partial charge in [0.05, 0.1) is 5.75 Å². The molecule has 1 aromatic carbocycles. The number of thiophene rings is 1. The number of hydrogen-bond donors (Lipinski definition) is 1. The number of nitrogens with one attached hydrogen (secondary N) is 1. The minimum atomic E-state index is -3.41. The van der Waals surface area contributed by atoms with Gasteiger partial charge in [0.1, 0.15) is 0 Å². The van der Waals surface area contributed by atoms with Crippen molar-refractivity contribution in [1.29, 1.82) is 0 Å². The quantitative estimate of drug-likeness (QED) is 0.827. The molecule has 0 amide bonds. The summed E-state index contributed by atoms with van der Waals surface area (Å²) in [4.78, 5) is 1.22. The minimum Gasteiger partial charge on any atom is -0.381 e. The highest BCUT2D eigenvalue weighted by Crippen LogP contribution is 2.37. The van der Waals surface area contributed by atoms with Crippen molar-refractivity contribution < 1.29 is 13.2 Å². The molecule has 0 atom stereocenters. The van der Waals surface area contributed by atoms with E-state index in [2.05, 4.69) is 10.8 Å². The molecule has 1 aromatic heterocycles. The fourth-order valence-corrected chi connectivity index (χ4v) is 5.29. The first-order valence-corrected chi connectivity index (χ1v) is 10.7. The van der Waals surface area contributed by atoms with E-state index in [4.69, 9.17) is 16.3 Å². The highest BCUT2D eigenvalue weighted by molar-refractivity contribution is 7.88. The summed E-state index contributed by atoms with van der Waals surface area (Å²) in [5, 5.41) is 2.64. The molecule has 2 heterocycles. The highest BCUT2D eigenvalue weighted by atomic mass is 35.5. The lowest BCUT2D eigenvalue weighted by atomic mass is 9.79. The topological polar surface area (TPSA) is 55.4 Å². The second kappa shape index (κ2) is 7.54. The molecular weight excluding hydrogens is 366 g/mol. The summed E-state index contributed by atoms with van der Waals surface area (Å²) in [6.45, 7) is 1.74. The molecule has 0 unspecified atom stereocenters. The molecule has 2 aromatic rings. The number of hydrogen-bond acceptors (Lipinski definition) is 4. The molecule has 0 aliphatic carbocycles. The van der Waals surface area contributed by atoms with Crippen molar-refractivity contribution in [2.75, 3.05) is 19.8 Å². The lowest BCUT2D eigenvalue weighted by Crippen LogP contribution is -2.44. The van der Waals surface area contributed by atoms with E-state index in [-0.39, 0.29) is 11.2 Å². The van der Waals surface area contributed by atoms with Gasteiger partial charge in [0.25, 0.3) is 0 Å². The van der Waals surface area contributed by atoms with E-state index in [1.807, 2.05) is 11.4 Å². The minimum absolute atomic E-state index is 0.0405. The molecular formula is C17H20ClNO3S2. The number of halogens is 1. The van der Waals surface area contributed by atoms with Crippen LogP contribution in [-0.2, 0) is 25.9 Å². The third-order valence-electron chi connectivity index (χ3n) is 4.39. The average molecular weight is 386 g/mol. The molecule has 4 nitrogen and oxygen atoms in total. The van der Waals surface area contributed by atoms with Crippen LogP contribution in [0.5, 0.6) is 0 Å². The van der Waals surface area contributed by atoms with Crippen molar-refractivity contribution >= 4 is 33.0 Å². The standard InChI is InChI=1S/C17H20ClNO3S2/c18-15-5-3-14(4-6-15)12-24(20,21)19-13-17(7-9-22-10-8-17)16-2-1-11-23-16/h1-6,11,19H,7-10,12-13H2. The largest absolute Gasteiger partial charge is 0.381 e. The van der Waals surface area contributed by atoms with Crippen LogP contribution >= 0.6 is 22.9 Å². The van der Waals surface area contributed by atoms with E-state index < -0.39 is 10.0 Å². The van der Waals surface area contributed by atoms with E-state index in [9.17, 15) is 8.42 Å². The molecule has 1 fully saturated rings. The summed E-state index contributed by atoms with van der Waals surface area (Å²) >= 11 is 7.52. The van der Waals surface area contributed by atoms with Crippen LogP contribution in [0.15, 0.2) is 41.8 Å². The van der Waals surface area contributed by atoms with Gasteiger partial charge in [0.2, 0.25) is 10.0 Å². The Morgan fingerprint density at radius 1 is 1.17 bits per heavy atom. The van der Waals surface area contributed by atoms with Crippen LogP contribution in [0.25, 0.3) is 0 Å². The fraction of sp³-hybridized carbons (Fsp3) is 0.412. The van der Waals surface area contributed by atoms with E-state index in [1.54, 1.807) is 35.6 Å². The zero-order valence-corrected chi connectivity index (χ0v) is 15.6. The van der Waals surface area contributed by atoms with Crippen LogP contribution in [0.2, 0.25) is 5.02 Å².